The van der Waals surface area contributed by atoms with E-state index < -0.39 is 4.92 Å². The average Bonchev–Trinajstić information content (AvgIpc) is 2.41. The van der Waals surface area contributed by atoms with Gasteiger partial charge in [-0.3, -0.25) is 15.1 Å². The molecular weight excluding hydrogens is 244 g/mol. The second-order valence-electron chi connectivity index (χ2n) is 4.23. The topological polar surface area (TPSA) is 81.0 Å². The van der Waals surface area contributed by atoms with Crippen molar-refractivity contribution in [3.8, 4) is 0 Å². The number of anilines is 1. The van der Waals surface area contributed by atoms with Gasteiger partial charge in [-0.25, -0.2) is 4.98 Å². The van der Waals surface area contributed by atoms with Crippen LogP contribution < -0.4 is 5.32 Å². The molecule has 0 bridgehead atoms. The van der Waals surface area contributed by atoms with E-state index in [1.165, 1.54) is 12.3 Å². The summed E-state index contributed by atoms with van der Waals surface area (Å²) in [5, 5.41) is 14.0. The second kappa shape index (κ2) is 5.43. The molecule has 2 aromatic heterocycles. The third kappa shape index (κ3) is 3.04. The van der Waals surface area contributed by atoms with Gasteiger partial charge in [-0.2, -0.15) is 0 Å². The summed E-state index contributed by atoms with van der Waals surface area (Å²) in [5.74, 6) is 0.468. The molecule has 1 atom stereocenters. The van der Waals surface area contributed by atoms with Crippen molar-refractivity contribution in [1.29, 1.82) is 0 Å². The molecule has 0 saturated heterocycles. The van der Waals surface area contributed by atoms with Crippen molar-refractivity contribution < 1.29 is 4.92 Å². The summed E-state index contributed by atoms with van der Waals surface area (Å²) in [5.41, 5.74) is 1.46. The summed E-state index contributed by atoms with van der Waals surface area (Å²) in [4.78, 5) is 18.8. The Labute approximate surface area is 110 Å². The highest BCUT2D eigenvalue weighted by molar-refractivity contribution is 5.49. The van der Waals surface area contributed by atoms with E-state index in [4.69, 9.17) is 0 Å². The fraction of sp³-hybridized carbons (Fsp3) is 0.231. The highest BCUT2D eigenvalue weighted by atomic mass is 16.6. The van der Waals surface area contributed by atoms with Gasteiger partial charge in [-0.15, -0.1) is 0 Å². The molecule has 0 aliphatic rings. The SMILES string of the molecule is Cc1cnc(NC(C)c2ccccn2)cc1[N+](=O)[O-]. The van der Waals surface area contributed by atoms with Crippen molar-refractivity contribution in [2.75, 3.05) is 5.32 Å². The lowest BCUT2D eigenvalue weighted by Gasteiger charge is -2.13. The molecule has 2 rings (SSSR count). The Balaban J connectivity index is 2.20. The predicted octanol–water partition coefficient (Wildman–Crippen LogP) is 2.87. The van der Waals surface area contributed by atoms with Gasteiger partial charge in [0.2, 0.25) is 0 Å². The van der Waals surface area contributed by atoms with Crippen molar-refractivity contribution >= 4 is 11.5 Å². The minimum Gasteiger partial charge on any atom is -0.362 e. The van der Waals surface area contributed by atoms with Gasteiger partial charge in [-0.1, -0.05) is 6.07 Å². The Hall–Kier alpha value is -2.50. The van der Waals surface area contributed by atoms with Crippen LogP contribution in [-0.2, 0) is 0 Å². The van der Waals surface area contributed by atoms with E-state index in [0.29, 0.717) is 11.4 Å². The highest BCUT2D eigenvalue weighted by Gasteiger charge is 2.14. The number of hydrogen-bond acceptors (Lipinski definition) is 5. The van der Waals surface area contributed by atoms with Crippen LogP contribution in [0.3, 0.4) is 0 Å². The Morgan fingerprint density at radius 3 is 2.79 bits per heavy atom. The summed E-state index contributed by atoms with van der Waals surface area (Å²) in [7, 11) is 0. The maximum Gasteiger partial charge on any atom is 0.277 e. The van der Waals surface area contributed by atoms with Crippen molar-refractivity contribution in [2.24, 2.45) is 0 Å². The van der Waals surface area contributed by atoms with E-state index in [1.807, 2.05) is 25.1 Å². The number of nitrogens with one attached hydrogen (secondary N) is 1. The van der Waals surface area contributed by atoms with Gasteiger partial charge in [-0.05, 0) is 26.0 Å². The molecule has 0 saturated carbocycles. The van der Waals surface area contributed by atoms with Gasteiger partial charge in [0.15, 0.2) is 0 Å². The summed E-state index contributed by atoms with van der Waals surface area (Å²) < 4.78 is 0. The van der Waals surface area contributed by atoms with Crippen LogP contribution in [0.15, 0.2) is 36.7 Å². The molecule has 1 N–H and O–H groups in total. The number of nitrogens with zero attached hydrogens (tertiary/aromatic N) is 3. The molecule has 2 aromatic rings. The summed E-state index contributed by atoms with van der Waals surface area (Å²) in [6.45, 7) is 3.59. The first kappa shape index (κ1) is 12.9. The van der Waals surface area contributed by atoms with Crippen molar-refractivity contribution in [3.05, 3.63) is 58.0 Å². The molecular formula is C13H14N4O2. The number of pyridine rings is 2. The summed E-state index contributed by atoms with van der Waals surface area (Å²) >= 11 is 0. The molecule has 0 amide bonds. The van der Waals surface area contributed by atoms with Crippen molar-refractivity contribution in [1.82, 2.24) is 9.97 Å². The normalized spacial score (nSPS) is 11.9. The Bertz CT molecular complexity index is 586. The van der Waals surface area contributed by atoms with Gasteiger partial charge in [0.25, 0.3) is 5.69 Å². The third-order valence-corrected chi connectivity index (χ3v) is 2.77. The molecule has 1 unspecified atom stereocenters. The molecule has 0 radical (unpaired) electrons. The fourth-order valence-electron chi connectivity index (χ4n) is 1.72. The van der Waals surface area contributed by atoms with Crippen LogP contribution >= 0.6 is 0 Å². The van der Waals surface area contributed by atoms with E-state index >= 15 is 0 Å². The number of hydrogen-bond donors (Lipinski definition) is 1. The van der Waals surface area contributed by atoms with Crippen LogP contribution in [0.5, 0.6) is 0 Å². The highest BCUT2D eigenvalue weighted by Crippen LogP contribution is 2.22. The summed E-state index contributed by atoms with van der Waals surface area (Å²) in [6, 6.07) is 6.99. The smallest absolute Gasteiger partial charge is 0.277 e. The molecule has 0 aliphatic carbocycles. The van der Waals surface area contributed by atoms with E-state index in [-0.39, 0.29) is 11.7 Å². The third-order valence-electron chi connectivity index (χ3n) is 2.77. The largest absolute Gasteiger partial charge is 0.362 e. The van der Waals surface area contributed by atoms with Gasteiger partial charge >= 0.3 is 0 Å². The molecule has 19 heavy (non-hydrogen) atoms. The predicted molar refractivity (Wildman–Crippen MR) is 71.9 cm³/mol. The zero-order valence-electron chi connectivity index (χ0n) is 10.7. The molecule has 0 aromatic carbocycles. The first-order chi connectivity index (χ1) is 9.08. The number of rotatable bonds is 4. The van der Waals surface area contributed by atoms with Gasteiger partial charge in [0.1, 0.15) is 5.82 Å². The van der Waals surface area contributed by atoms with Crippen molar-refractivity contribution in [2.45, 2.75) is 19.9 Å². The maximum atomic E-state index is 10.9. The quantitative estimate of drug-likeness (QED) is 0.673. The first-order valence-electron chi connectivity index (χ1n) is 5.86. The molecule has 0 spiro atoms. The monoisotopic (exact) mass is 258 g/mol. The molecule has 0 fully saturated rings. The lowest BCUT2D eigenvalue weighted by atomic mass is 10.2. The lowest BCUT2D eigenvalue weighted by molar-refractivity contribution is -0.385. The minimum absolute atomic E-state index is 0.0609. The van der Waals surface area contributed by atoms with Gasteiger partial charge in [0, 0.05) is 18.0 Å². The molecule has 2 heterocycles. The fourth-order valence-corrected chi connectivity index (χ4v) is 1.72. The van der Waals surface area contributed by atoms with Crippen LogP contribution in [0.2, 0.25) is 0 Å². The zero-order chi connectivity index (χ0) is 13.8. The number of nitro groups is 1. The van der Waals surface area contributed by atoms with E-state index in [1.54, 1.807) is 13.1 Å². The van der Waals surface area contributed by atoms with Gasteiger partial charge in [0.05, 0.1) is 22.7 Å². The van der Waals surface area contributed by atoms with E-state index in [0.717, 1.165) is 5.69 Å². The van der Waals surface area contributed by atoms with Crippen LogP contribution in [0.4, 0.5) is 11.5 Å². The molecule has 6 nitrogen and oxygen atoms in total. The Morgan fingerprint density at radius 2 is 2.16 bits per heavy atom. The van der Waals surface area contributed by atoms with E-state index in [9.17, 15) is 10.1 Å². The molecule has 0 aliphatic heterocycles. The van der Waals surface area contributed by atoms with E-state index in [2.05, 4.69) is 15.3 Å². The minimum atomic E-state index is -0.409. The molecule has 98 valence electrons. The van der Waals surface area contributed by atoms with Crippen LogP contribution in [0, 0.1) is 17.0 Å². The Morgan fingerprint density at radius 1 is 1.37 bits per heavy atom. The van der Waals surface area contributed by atoms with Crippen LogP contribution in [-0.4, -0.2) is 14.9 Å². The zero-order valence-corrected chi connectivity index (χ0v) is 10.7. The average molecular weight is 258 g/mol. The van der Waals surface area contributed by atoms with Crippen LogP contribution in [0.1, 0.15) is 24.2 Å². The summed E-state index contributed by atoms with van der Waals surface area (Å²) in [6.07, 6.45) is 3.20. The number of aryl methyl sites for hydroxylation is 1. The number of aromatic nitrogens is 2. The standard InChI is InChI=1S/C13H14N4O2/c1-9-8-15-13(7-12(9)17(18)19)16-10(2)11-5-3-4-6-14-11/h3-8,10H,1-2H3,(H,15,16). The molecule has 6 heteroatoms. The Kier molecular flexibility index (Phi) is 3.70. The second-order valence-corrected chi connectivity index (χ2v) is 4.23. The van der Waals surface area contributed by atoms with Crippen molar-refractivity contribution in [3.63, 3.8) is 0 Å². The van der Waals surface area contributed by atoms with Gasteiger partial charge < -0.3 is 5.32 Å². The lowest BCUT2D eigenvalue weighted by Crippen LogP contribution is -2.09. The first-order valence-corrected chi connectivity index (χ1v) is 5.86. The van der Waals surface area contributed by atoms with Crippen LogP contribution in [0.25, 0.3) is 0 Å². The maximum absolute atomic E-state index is 10.9.